The Kier molecular flexibility index (Phi) is 2.77. The highest BCUT2D eigenvalue weighted by Gasteiger charge is 2.07. The Morgan fingerprint density at radius 1 is 1.07 bits per heavy atom. The van der Waals surface area contributed by atoms with Gasteiger partial charge >= 0.3 is 0 Å². The average molecular weight is 201 g/mol. The van der Waals surface area contributed by atoms with Crippen molar-refractivity contribution in [1.82, 2.24) is 4.98 Å². The van der Waals surface area contributed by atoms with Gasteiger partial charge in [-0.1, -0.05) is 31.2 Å². The van der Waals surface area contributed by atoms with Crippen molar-refractivity contribution in [3.8, 4) is 11.1 Å². The van der Waals surface area contributed by atoms with E-state index in [-0.39, 0.29) is 0 Å². The van der Waals surface area contributed by atoms with E-state index in [4.69, 9.17) is 0 Å². The highest BCUT2D eigenvalue weighted by atomic mass is 19.1. The molecule has 0 aliphatic heterocycles. The summed E-state index contributed by atoms with van der Waals surface area (Å²) >= 11 is 0. The van der Waals surface area contributed by atoms with E-state index in [1.807, 2.05) is 24.3 Å². The summed E-state index contributed by atoms with van der Waals surface area (Å²) in [4.78, 5) is 3.66. The first-order valence-corrected chi connectivity index (χ1v) is 5.01. The molecule has 2 heteroatoms. The minimum absolute atomic E-state index is 0.404. The van der Waals surface area contributed by atoms with Crippen molar-refractivity contribution in [3.63, 3.8) is 0 Å². The third-order valence-electron chi connectivity index (χ3n) is 2.45. The van der Waals surface area contributed by atoms with Gasteiger partial charge in [-0.15, -0.1) is 0 Å². The van der Waals surface area contributed by atoms with Crippen LogP contribution in [0.25, 0.3) is 11.1 Å². The molecule has 0 radical (unpaired) electrons. The largest absolute Gasteiger partial charge is 0.228 e. The topological polar surface area (TPSA) is 12.9 Å². The van der Waals surface area contributed by atoms with Gasteiger partial charge in [-0.25, -0.2) is 4.98 Å². The van der Waals surface area contributed by atoms with Crippen LogP contribution in [0.4, 0.5) is 4.39 Å². The van der Waals surface area contributed by atoms with Gasteiger partial charge in [0.1, 0.15) is 0 Å². The minimum atomic E-state index is -0.404. The molecule has 0 saturated carbocycles. The lowest BCUT2D eigenvalue weighted by Crippen LogP contribution is -1.92. The zero-order chi connectivity index (χ0) is 10.7. The number of hydrogen-bond acceptors (Lipinski definition) is 1. The lowest BCUT2D eigenvalue weighted by atomic mass is 9.99. The number of rotatable bonds is 2. The van der Waals surface area contributed by atoms with Crippen LogP contribution in [0.5, 0.6) is 0 Å². The van der Waals surface area contributed by atoms with Crippen molar-refractivity contribution >= 4 is 0 Å². The van der Waals surface area contributed by atoms with Crippen LogP contribution in [-0.2, 0) is 6.42 Å². The fourth-order valence-corrected chi connectivity index (χ4v) is 1.68. The van der Waals surface area contributed by atoms with E-state index >= 15 is 0 Å². The molecule has 76 valence electrons. The molecule has 0 saturated heterocycles. The standard InChI is InChI=1S/C13H12FN/c1-2-10-6-3-4-7-11(10)12-8-5-9-15-13(12)14/h3-9H,2H2,1H3. The van der Waals surface area contributed by atoms with E-state index in [1.165, 1.54) is 6.20 Å². The van der Waals surface area contributed by atoms with E-state index in [0.717, 1.165) is 17.5 Å². The van der Waals surface area contributed by atoms with Crippen LogP contribution in [0.2, 0.25) is 0 Å². The molecule has 0 bridgehead atoms. The quantitative estimate of drug-likeness (QED) is 0.678. The number of halogens is 1. The van der Waals surface area contributed by atoms with Gasteiger partial charge in [0.15, 0.2) is 0 Å². The van der Waals surface area contributed by atoms with Crippen LogP contribution in [0.3, 0.4) is 0 Å². The number of aryl methyl sites for hydroxylation is 1. The van der Waals surface area contributed by atoms with Crippen LogP contribution in [0.1, 0.15) is 12.5 Å². The molecule has 0 fully saturated rings. The highest BCUT2D eigenvalue weighted by molar-refractivity contribution is 5.66. The van der Waals surface area contributed by atoms with Crippen LogP contribution in [-0.4, -0.2) is 4.98 Å². The maximum absolute atomic E-state index is 13.5. The van der Waals surface area contributed by atoms with Gasteiger partial charge in [0.05, 0.1) is 0 Å². The highest BCUT2D eigenvalue weighted by Crippen LogP contribution is 2.25. The summed E-state index contributed by atoms with van der Waals surface area (Å²) < 4.78 is 13.5. The van der Waals surface area contributed by atoms with Crippen molar-refractivity contribution < 1.29 is 4.39 Å². The van der Waals surface area contributed by atoms with E-state index in [1.54, 1.807) is 12.1 Å². The predicted molar refractivity (Wildman–Crippen MR) is 59.0 cm³/mol. The van der Waals surface area contributed by atoms with Crippen molar-refractivity contribution in [2.75, 3.05) is 0 Å². The van der Waals surface area contributed by atoms with Gasteiger partial charge in [-0.2, -0.15) is 4.39 Å². The van der Waals surface area contributed by atoms with E-state index in [0.29, 0.717) is 5.56 Å². The molecule has 15 heavy (non-hydrogen) atoms. The fourth-order valence-electron chi connectivity index (χ4n) is 1.68. The maximum Gasteiger partial charge on any atom is 0.220 e. The molecule has 0 aliphatic carbocycles. The second kappa shape index (κ2) is 4.22. The van der Waals surface area contributed by atoms with E-state index in [2.05, 4.69) is 11.9 Å². The number of aromatic nitrogens is 1. The van der Waals surface area contributed by atoms with Gasteiger partial charge in [0.2, 0.25) is 5.95 Å². The third kappa shape index (κ3) is 1.89. The minimum Gasteiger partial charge on any atom is -0.228 e. The predicted octanol–water partition coefficient (Wildman–Crippen LogP) is 3.45. The summed E-state index contributed by atoms with van der Waals surface area (Å²) in [5.41, 5.74) is 2.66. The Bertz CT molecular complexity index is 466. The smallest absolute Gasteiger partial charge is 0.220 e. The summed E-state index contributed by atoms with van der Waals surface area (Å²) in [6, 6.07) is 11.3. The van der Waals surface area contributed by atoms with Gasteiger partial charge in [-0.3, -0.25) is 0 Å². The number of nitrogens with zero attached hydrogens (tertiary/aromatic N) is 1. The molecule has 1 heterocycles. The molecule has 0 atom stereocenters. The van der Waals surface area contributed by atoms with Gasteiger partial charge in [0.25, 0.3) is 0 Å². The summed E-state index contributed by atoms with van der Waals surface area (Å²) in [7, 11) is 0. The van der Waals surface area contributed by atoms with Crippen LogP contribution >= 0.6 is 0 Å². The lowest BCUT2D eigenvalue weighted by Gasteiger charge is -2.07. The fraction of sp³-hybridized carbons (Fsp3) is 0.154. The first kappa shape index (κ1) is 9.84. The molecule has 0 unspecified atom stereocenters. The van der Waals surface area contributed by atoms with Gasteiger partial charge < -0.3 is 0 Å². The number of hydrogen-bond donors (Lipinski definition) is 0. The van der Waals surface area contributed by atoms with Crippen molar-refractivity contribution in [3.05, 3.63) is 54.1 Å². The Morgan fingerprint density at radius 3 is 2.53 bits per heavy atom. The first-order chi connectivity index (χ1) is 7.33. The molecule has 0 aliphatic rings. The SMILES string of the molecule is CCc1ccccc1-c1cccnc1F. The third-order valence-corrected chi connectivity index (χ3v) is 2.45. The number of pyridine rings is 1. The lowest BCUT2D eigenvalue weighted by molar-refractivity contribution is 0.587. The molecule has 1 aromatic carbocycles. The van der Waals surface area contributed by atoms with Crippen molar-refractivity contribution in [2.45, 2.75) is 13.3 Å². The number of benzene rings is 1. The Hall–Kier alpha value is -1.70. The monoisotopic (exact) mass is 201 g/mol. The average Bonchev–Trinajstić information content (AvgIpc) is 2.30. The molecule has 2 rings (SSSR count). The zero-order valence-corrected chi connectivity index (χ0v) is 8.57. The molecular weight excluding hydrogens is 189 g/mol. The molecular formula is C13H12FN. The maximum atomic E-state index is 13.5. The second-order valence-corrected chi connectivity index (χ2v) is 3.35. The molecule has 1 nitrogen and oxygen atoms in total. The summed E-state index contributed by atoms with van der Waals surface area (Å²) in [6.07, 6.45) is 2.36. The summed E-state index contributed by atoms with van der Waals surface area (Å²) in [5, 5.41) is 0. The van der Waals surface area contributed by atoms with Crippen molar-refractivity contribution in [2.24, 2.45) is 0 Å². The molecule has 2 aromatic rings. The molecule has 0 amide bonds. The normalized spacial score (nSPS) is 10.3. The van der Waals surface area contributed by atoms with Crippen LogP contribution in [0.15, 0.2) is 42.6 Å². The Labute approximate surface area is 88.6 Å². The molecule has 0 spiro atoms. The second-order valence-electron chi connectivity index (χ2n) is 3.35. The van der Waals surface area contributed by atoms with Crippen LogP contribution < -0.4 is 0 Å². The first-order valence-electron chi connectivity index (χ1n) is 5.01. The van der Waals surface area contributed by atoms with E-state index in [9.17, 15) is 4.39 Å². The Morgan fingerprint density at radius 2 is 1.80 bits per heavy atom. The summed E-state index contributed by atoms with van der Waals surface area (Å²) in [6.45, 7) is 2.06. The molecule has 0 N–H and O–H groups in total. The van der Waals surface area contributed by atoms with Crippen molar-refractivity contribution in [1.29, 1.82) is 0 Å². The summed E-state index contributed by atoms with van der Waals surface area (Å²) in [5.74, 6) is -0.404. The van der Waals surface area contributed by atoms with Gasteiger partial charge in [-0.05, 0) is 29.7 Å². The zero-order valence-electron chi connectivity index (χ0n) is 8.57. The van der Waals surface area contributed by atoms with Crippen LogP contribution in [0, 0.1) is 5.95 Å². The van der Waals surface area contributed by atoms with E-state index < -0.39 is 5.95 Å². The Balaban J connectivity index is 2.59. The molecule has 1 aromatic heterocycles. The van der Waals surface area contributed by atoms with Gasteiger partial charge in [0, 0.05) is 11.8 Å².